The molecule has 14 heteroatoms. The van der Waals surface area contributed by atoms with Crippen LogP contribution in [0.4, 0.5) is 39.1 Å². The van der Waals surface area contributed by atoms with Gasteiger partial charge < -0.3 is 29.7 Å². The van der Waals surface area contributed by atoms with Gasteiger partial charge in [0.15, 0.2) is 23.2 Å². The number of alkyl halides is 3. The summed E-state index contributed by atoms with van der Waals surface area (Å²) in [6.45, 7) is 4.66. The summed E-state index contributed by atoms with van der Waals surface area (Å²) in [5.41, 5.74) is -0.481. The normalized spacial score (nSPS) is 16.0. The Bertz CT molecular complexity index is 1700. The largest absolute Gasteiger partial charge is 0.435 e. The fraction of sp³-hybridized carbons (Fsp3) is 0.345. The smallest absolute Gasteiger partial charge is 0.418 e. The van der Waals surface area contributed by atoms with Gasteiger partial charge in [-0.25, -0.2) is 18.7 Å². The van der Waals surface area contributed by atoms with Crippen LogP contribution < -0.4 is 15.0 Å². The molecular formula is C29H28F5N7O2. The fourth-order valence-electron chi connectivity index (χ4n) is 5.22. The molecule has 0 aliphatic carbocycles. The van der Waals surface area contributed by atoms with E-state index < -0.39 is 35.0 Å². The zero-order valence-electron chi connectivity index (χ0n) is 23.4. The average molecular weight is 602 g/mol. The minimum atomic E-state index is -4.65. The number of likely N-dealkylation sites (tertiary alicyclic amines) is 1. The van der Waals surface area contributed by atoms with Crippen LogP contribution in [0.3, 0.4) is 0 Å². The van der Waals surface area contributed by atoms with Crippen molar-refractivity contribution < 1.29 is 31.5 Å². The van der Waals surface area contributed by atoms with Gasteiger partial charge in [-0.15, -0.1) is 0 Å². The highest BCUT2D eigenvalue weighted by Gasteiger charge is 2.36. The van der Waals surface area contributed by atoms with Gasteiger partial charge >= 0.3 is 6.18 Å². The Labute approximate surface area is 243 Å². The van der Waals surface area contributed by atoms with Gasteiger partial charge in [0.05, 0.1) is 11.1 Å². The van der Waals surface area contributed by atoms with Crippen molar-refractivity contribution in [3.8, 4) is 11.6 Å². The molecule has 0 spiro atoms. The highest BCUT2D eigenvalue weighted by Crippen LogP contribution is 2.40. The number of aromatic nitrogens is 3. The van der Waals surface area contributed by atoms with Crippen LogP contribution in [0.15, 0.2) is 36.7 Å². The van der Waals surface area contributed by atoms with E-state index in [1.54, 1.807) is 11.8 Å². The lowest BCUT2D eigenvalue weighted by atomic mass is 10.1. The van der Waals surface area contributed by atoms with E-state index in [0.29, 0.717) is 45.0 Å². The van der Waals surface area contributed by atoms with Gasteiger partial charge in [-0.1, -0.05) is 0 Å². The molecule has 2 aromatic heterocycles. The number of carbonyl (C=O) groups is 1. The van der Waals surface area contributed by atoms with Crippen LogP contribution in [0, 0.1) is 18.6 Å². The van der Waals surface area contributed by atoms with E-state index in [1.807, 2.05) is 11.9 Å². The lowest BCUT2D eigenvalue weighted by Crippen LogP contribution is -2.45. The summed E-state index contributed by atoms with van der Waals surface area (Å²) in [7, 11) is 1.91. The molecule has 0 bridgehead atoms. The maximum Gasteiger partial charge on any atom is 0.418 e. The maximum absolute atomic E-state index is 15.4. The van der Waals surface area contributed by atoms with Crippen LogP contribution in [0.25, 0.3) is 10.9 Å². The number of nitrogens with one attached hydrogen (secondary N) is 2. The second-order valence-corrected chi connectivity index (χ2v) is 10.7. The predicted octanol–water partition coefficient (Wildman–Crippen LogP) is 5.70. The zero-order valence-corrected chi connectivity index (χ0v) is 23.4. The Morgan fingerprint density at radius 1 is 1.02 bits per heavy atom. The number of anilines is 3. The number of carbonyl (C=O) groups excluding carboxylic acids is 1. The number of hydrogen-bond donors (Lipinski definition) is 2. The third kappa shape index (κ3) is 5.54. The molecule has 0 radical (unpaired) electrons. The molecule has 2 aromatic carbocycles. The highest BCUT2D eigenvalue weighted by atomic mass is 19.4. The number of H-pyrrole nitrogens is 1. The summed E-state index contributed by atoms with van der Waals surface area (Å²) in [6.07, 6.45) is -2.87. The number of ether oxygens (including phenoxy) is 1. The molecule has 6 rings (SSSR count). The van der Waals surface area contributed by atoms with Crippen molar-refractivity contribution in [1.29, 1.82) is 0 Å². The molecule has 2 saturated heterocycles. The second-order valence-electron chi connectivity index (χ2n) is 10.7. The Balaban J connectivity index is 1.38. The summed E-state index contributed by atoms with van der Waals surface area (Å²) in [5.74, 6) is -3.23. The number of aryl methyl sites for hydroxylation is 1. The standard InChI is InChI=1S/C29H28F5N7O2/c1-16-12-18-24(31)22(14-20(30)25(18)37-16)43-27-23(28(42)41-6-3-7-41)26(35-15-36-27)38-17-4-5-21(19(13-17)29(32,33)34)40-10-8-39(2)9-11-40/h4-5,12-15,37H,3,6-11H2,1-2H3,(H,35,36,38). The van der Waals surface area contributed by atoms with Gasteiger partial charge in [0.2, 0.25) is 5.88 Å². The Hall–Kier alpha value is -4.46. The van der Waals surface area contributed by atoms with E-state index in [-0.39, 0.29) is 39.5 Å². The van der Waals surface area contributed by atoms with Crippen LogP contribution in [0.2, 0.25) is 0 Å². The minimum absolute atomic E-state index is 0.0222. The summed E-state index contributed by atoms with van der Waals surface area (Å²) >= 11 is 0. The molecule has 226 valence electrons. The van der Waals surface area contributed by atoms with Crippen LogP contribution in [-0.4, -0.2) is 77.0 Å². The first-order valence-electron chi connectivity index (χ1n) is 13.7. The SMILES string of the molecule is Cc1cc2c(F)c(Oc3ncnc(Nc4ccc(N5CCN(C)CC5)c(C(F)(F)F)c4)c3C(=O)N3CCC3)cc(F)c2[nH]1. The third-order valence-corrected chi connectivity index (χ3v) is 7.69. The van der Waals surface area contributed by atoms with Crippen molar-refractivity contribution in [1.82, 2.24) is 24.8 Å². The van der Waals surface area contributed by atoms with Gasteiger partial charge in [-0.05, 0) is 44.7 Å². The molecule has 2 aliphatic heterocycles. The van der Waals surface area contributed by atoms with E-state index in [0.717, 1.165) is 24.9 Å². The number of fused-ring (bicyclic) bond motifs is 1. The molecule has 4 aromatic rings. The molecule has 0 atom stereocenters. The molecule has 2 aliphatic rings. The van der Waals surface area contributed by atoms with Gasteiger partial charge in [-0.2, -0.15) is 13.2 Å². The van der Waals surface area contributed by atoms with Gasteiger partial charge in [0.1, 0.15) is 11.9 Å². The van der Waals surface area contributed by atoms with E-state index in [4.69, 9.17) is 4.74 Å². The zero-order chi connectivity index (χ0) is 30.5. The number of likely N-dealkylation sites (N-methyl/N-ethyl adjacent to an activating group) is 1. The molecule has 0 unspecified atom stereocenters. The van der Waals surface area contributed by atoms with Crippen molar-refractivity contribution in [2.24, 2.45) is 0 Å². The molecule has 2 fully saturated rings. The molecule has 0 saturated carbocycles. The average Bonchev–Trinajstić information content (AvgIpc) is 3.33. The van der Waals surface area contributed by atoms with Gasteiger partial charge in [0.25, 0.3) is 5.91 Å². The predicted molar refractivity (Wildman–Crippen MR) is 150 cm³/mol. The minimum Gasteiger partial charge on any atom is -0.435 e. The molecular weight excluding hydrogens is 573 g/mol. The van der Waals surface area contributed by atoms with E-state index in [2.05, 4.69) is 20.3 Å². The van der Waals surface area contributed by atoms with E-state index in [9.17, 15) is 22.4 Å². The first-order chi connectivity index (χ1) is 20.5. The number of nitrogens with zero attached hydrogens (tertiary/aromatic N) is 5. The Morgan fingerprint density at radius 3 is 2.44 bits per heavy atom. The van der Waals surface area contributed by atoms with Crippen molar-refractivity contribution >= 4 is 34.0 Å². The van der Waals surface area contributed by atoms with Crippen molar-refractivity contribution in [2.45, 2.75) is 19.5 Å². The van der Waals surface area contributed by atoms with Crippen LogP contribution >= 0.6 is 0 Å². The third-order valence-electron chi connectivity index (χ3n) is 7.69. The lowest BCUT2D eigenvalue weighted by molar-refractivity contribution is -0.137. The summed E-state index contributed by atoms with van der Waals surface area (Å²) < 4.78 is 78.5. The first kappa shape index (κ1) is 28.6. The lowest BCUT2D eigenvalue weighted by Gasteiger charge is -2.35. The fourth-order valence-corrected chi connectivity index (χ4v) is 5.22. The number of amides is 1. The Morgan fingerprint density at radius 2 is 1.77 bits per heavy atom. The van der Waals surface area contributed by atoms with Gasteiger partial charge in [-0.3, -0.25) is 4.79 Å². The Kier molecular flexibility index (Phi) is 7.32. The van der Waals surface area contributed by atoms with Gasteiger partial charge in [0, 0.05) is 67.8 Å². The first-order valence-corrected chi connectivity index (χ1v) is 13.7. The highest BCUT2D eigenvalue weighted by molar-refractivity contribution is 6.02. The van der Waals surface area contributed by atoms with Crippen molar-refractivity contribution in [2.75, 3.05) is 56.5 Å². The quantitative estimate of drug-likeness (QED) is 0.274. The number of piperazine rings is 1. The molecule has 1 amide bonds. The maximum atomic E-state index is 15.4. The van der Waals surface area contributed by atoms with Crippen LogP contribution in [-0.2, 0) is 6.18 Å². The number of benzene rings is 2. The monoisotopic (exact) mass is 601 g/mol. The summed E-state index contributed by atoms with van der Waals surface area (Å²) in [5, 5.41) is 2.77. The topological polar surface area (TPSA) is 89.6 Å². The summed E-state index contributed by atoms with van der Waals surface area (Å²) in [4.78, 5) is 29.6. The molecule has 43 heavy (non-hydrogen) atoms. The number of hydrogen-bond acceptors (Lipinski definition) is 7. The van der Waals surface area contributed by atoms with Crippen LogP contribution in [0.1, 0.15) is 28.0 Å². The van der Waals surface area contributed by atoms with E-state index >= 15 is 4.39 Å². The molecule has 9 nitrogen and oxygen atoms in total. The molecule has 4 heterocycles. The second kappa shape index (κ2) is 11.0. The number of halogens is 5. The number of aromatic amines is 1. The van der Waals surface area contributed by atoms with E-state index in [1.165, 1.54) is 23.1 Å². The van der Waals surface area contributed by atoms with Crippen molar-refractivity contribution in [3.63, 3.8) is 0 Å². The number of rotatable bonds is 6. The van der Waals surface area contributed by atoms with Crippen molar-refractivity contribution in [3.05, 3.63) is 65.1 Å². The summed E-state index contributed by atoms with van der Waals surface area (Å²) in [6, 6.07) is 6.08. The van der Waals surface area contributed by atoms with Crippen LogP contribution in [0.5, 0.6) is 11.6 Å². The molecule has 2 N–H and O–H groups in total.